The molecule has 0 spiro atoms. The molecule has 0 bridgehead atoms. The molecule has 13 heavy (non-hydrogen) atoms. The third-order valence-corrected chi connectivity index (χ3v) is 0.769. The number of carbonyl (C=O) groups is 2. The number of carboxylic acids is 1. The maximum Gasteiger partial charge on any atom is 0.331 e. The van der Waals surface area contributed by atoms with Gasteiger partial charge >= 0.3 is 35.0 Å². The molecule has 0 fully saturated rings. The summed E-state index contributed by atoms with van der Waals surface area (Å²) >= 11 is 0. The number of carboxylic acid groups (broad SMARTS) is 1. The van der Waals surface area contributed by atoms with Crippen molar-refractivity contribution in [3.63, 3.8) is 0 Å². The van der Waals surface area contributed by atoms with Gasteiger partial charge in [-0.2, -0.15) is 0 Å². The van der Waals surface area contributed by atoms with Gasteiger partial charge in [0.15, 0.2) is 0 Å². The molecule has 0 aromatic heterocycles. The molecular weight excluding hydrogens is 184 g/mol. The largest absolute Gasteiger partial charge is 0.478 e. The van der Waals surface area contributed by atoms with Crippen LogP contribution in [0.2, 0.25) is 0 Å². The van der Waals surface area contributed by atoms with E-state index < -0.39 is 17.5 Å². The Kier molecular flexibility index (Phi) is 6.88. The minimum atomic E-state index is -1.17. The van der Waals surface area contributed by atoms with Gasteiger partial charge in [-0.1, -0.05) is 0 Å². The van der Waals surface area contributed by atoms with Gasteiger partial charge in [-0.15, -0.1) is 0 Å². The molecule has 0 atom stereocenters. The van der Waals surface area contributed by atoms with Crippen molar-refractivity contribution >= 4 is 35.0 Å². The molecule has 0 aliphatic rings. The molecule has 0 aliphatic heterocycles. The molecule has 0 saturated carbocycles. The van der Waals surface area contributed by atoms with E-state index in [0.717, 1.165) is 12.2 Å². The normalized spacial score (nSPS) is 10.7. The molecule has 0 rings (SSSR count). The van der Waals surface area contributed by atoms with Gasteiger partial charge in [-0.3, -0.25) is 0 Å². The number of carbonyl (C=O) groups excluding carboxylic acids is 1. The van der Waals surface area contributed by atoms with Crippen molar-refractivity contribution in [2.45, 2.75) is 26.4 Å². The summed E-state index contributed by atoms with van der Waals surface area (Å²) in [7, 11) is 0. The van der Waals surface area contributed by atoms with Crippen molar-refractivity contribution in [3.8, 4) is 0 Å². The smallest absolute Gasteiger partial charge is 0.331 e. The van der Waals surface area contributed by atoms with Crippen molar-refractivity contribution in [2.24, 2.45) is 0 Å². The van der Waals surface area contributed by atoms with Crippen molar-refractivity contribution in [1.82, 2.24) is 0 Å². The predicted octanol–water partition coefficient (Wildman–Crippen LogP) is 0.0527. The van der Waals surface area contributed by atoms with E-state index in [1.54, 1.807) is 20.8 Å². The van der Waals surface area contributed by atoms with Crippen molar-refractivity contribution < 1.29 is 19.4 Å². The van der Waals surface area contributed by atoms with E-state index in [-0.39, 0.29) is 23.1 Å². The number of aliphatic carboxylic acids is 1. The van der Waals surface area contributed by atoms with Crippen LogP contribution in [-0.2, 0) is 14.3 Å². The molecule has 4 nitrogen and oxygen atoms in total. The van der Waals surface area contributed by atoms with E-state index in [9.17, 15) is 9.59 Å². The summed E-state index contributed by atoms with van der Waals surface area (Å²) in [6.45, 7) is 5.12. The second-order valence-corrected chi connectivity index (χ2v) is 3.21. The second-order valence-electron chi connectivity index (χ2n) is 3.21. The molecule has 0 saturated heterocycles. The number of rotatable bonds is 2. The molecule has 0 amide bonds. The molecule has 72 valence electrons. The Bertz CT molecular complexity index is 215. The van der Waals surface area contributed by atoms with Crippen LogP contribution in [-0.4, -0.2) is 45.7 Å². The summed E-state index contributed by atoms with van der Waals surface area (Å²) in [6.07, 6.45) is 1.63. The quantitative estimate of drug-likeness (QED) is 0.387. The number of esters is 1. The van der Waals surface area contributed by atoms with E-state index in [2.05, 4.69) is 0 Å². The second kappa shape index (κ2) is 5.99. The van der Waals surface area contributed by atoms with Gasteiger partial charge in [0.25, 0.3) is 0 Å². The number of ether oxygens (including phenoxy) is 1. The highest BCUT2D eigenvalue weighted by atomic mass is 24.3. The van der Waals surface area contributed by atoms with Gasteiger partial charge in [0.2, 0.25) is 0 Å². The van der Waals surface area contributed by atoms with Crippen LogP contribution in [0.25, 0.3) is 0 Å². The molecular formula is C8H14MgO4. The summed E-state index contributed by atoms with van der Waals surface area (Å²) in [4.78, 5) is 20.8. The first-order valence-corrected chi connectivity index (χ1v) is 3.45. The Labute approximate surface area is 93.1 Å². The van der Waals surface area contributed by atoms with Gasteiger partial charge in [0.05, 0.1) is 0 Å². The average molecular weight is 199 g/mol. The van der Waals surface area contributed by atoms with Crippen LogP contribution in [0.1, 0.15) is 20.8 Å². The van der Waals surface area contributed by atoms with E-state index >= 15 is 0 Å². The fourth-order valence-electron chi connectivity index (χ4n) is 0.475. The number of hydrogen-bond donors (Lipinski definition) is 1. The van der Waals surface area contributed by atoms with Crippen LogP contribution in [0, 0.1) is 0 Å². The highest BCUT2D eigenvalue weighted by Crippen LogP contribution is 2.06. The van der Waals surface area contributed by atoms with Gasteiger partial charge in [-0.25, -0.2) is 9.59 Å². The average Bonchev–Trinajstić information content (AvgIpc) is 1.79. The minimum Gasteiger partial charge on any atom is -0.478 e. The first-order chi connectivity index (χ1) is 5.31. The predicted molar refractivity (Wildman–Crippen MR) is 51.2 cm³/mol. The summed E-state index contributed by atoms with van der Waals surface area (Å²) in [5, 5.41) is 8.17. The van der Waals surface area contributed by atoms with Crippen LogP contribution in [0.3, 0.4) is 0 Å². The summed E-state index contributed by atoms with van der Waals surface area (Å²) in [6, 6.07) is 0. The van der Waals surface area contributed by atoms with Crippen LogP contribution < -0.4 is 0 Å². The monoisotopic (exact) mass is 198 g/mol. The lowest BCUT2D eigenvalue weighted by Crippen LogP contribution is -2.22. The van der Waals surface area contributed by atoms with E-state index in [1.807, 2.05) is 0 Å². The first kappa shape index (κ1) is 14.9. The van der Waals surface area contributed by atoms with Crippen molar-refractivity contribution in [3.05, 3.63) is 12.2 Å². The zero-order chi connectivity index (χ0) is 9.78. The highest BCUT2D eigenvalue weighted by Gasteiger charge is 2.13. The summed E-state index contributed by atoms with van der Waals surface area (Å²) < 4.78 is 4.80. The minimum absolute atomic E-state index is 0. The Morgan fingerprint density at radius 2 is 1.69 bits per heavy atom. The first-order valence-electron chi connectivity index (χ1n) is 3.45. The lowest BCUT2D eigenvalue weighted by molar-refractivity contribution is -0.148. The Morgan fingerprint density at radius 3 is 2.00 bits per heavy atom. The van der Waals surface area contributed by atoms with Crippen LogP contribution in [0.4, 0.5) is 0 Å². The maximum atomic E-state index is 10.8. The van der Waals surface area contributed by atoms with E-state index in [1.165, 1.54) is 0 Å². The fourth-order valence-corrected chi connectivity index (χ4v) is 0.475. The topological polar surface area (TPSA) is 63.6 Å². The zero-order valence-corrected chi connectivity index (χ0v) is 7.33. The third-order valence-electron chi connectivity index (χ3n) is 0.769. The van der Waals surface area contributed by atoms with Crippen LogP contribution in [0.5, 0.6) is 0 Å². The molecule has 0 aromatic carbocycles. The fraction of sp³-hybridized carbons (Fsp3) is 0.500. The molecule has 0 unspecified atom stereocenters. The number of hydrogen-bond acceptors (Lipinski definition) is 3. The standard InChI is InChI=1S/C8H12O4.Mg.2H/c1-8(2,3)12-7(11)5-4-6(9)10;;;/h4-5H,1-3H3,(H,9,10);;;/b5-4+;;;. The van der Waals surface area contributed by atoms with Gasteiger partial charge < -0.3 is 9.84 Å². The third kappa shape index (κ3) is 11.4. The van der Waals surface area contributed by atoms with Gasteiger partial charge in [0, 0.05) is 12.2 Å². The lowest BCUT2D eigenvalue weighted by Gasteiger charge is -2.17. The summed E-state index contributed by atoms with van der Waals surface area (Å²) in [5.41, 5.74) is -0.583. The molecule has 0 aromatic rings. The molecule has 5 heteroatoms. The van der Waals surface area contributed by atoms with Crippen molar-refractivity contribution in [1.29, 1.82) is 0 Å². The zero-order valence-electron chi connectivity index (χ0n) is 7.33. The summed E-state index contributed by atoms with van der Waals surface area (Å²) in [5.74, 6) is -1.81. The van der Waals surface area contributed by atoms with E-state index in [0.29, 0.717) is 0 Å². The Morgan fingerprint density at radius 1 is 1.23 bits per heavy atom. The molecule has 0 aliphatic carbocycles. The van der Waals surface area contributed by atoms with Crippen LogP contribution in [0.15, 0.2) is 12.2 Å². The van der Waals surface area contributed by atoms with Gasteiger partial charge in [-0.05, 0) is 20.8 Å². The SMILES string of the molecule is CC(C)(C)OC(=O)/C=C/C(=O)O.[MgH2]. The molecule has 0 radical (unpaired) electrons. The molecule has 0 heterocycles. The van der Waals surface area contributed by atoms with Gasteiger partial charge in [0.1, 0.15) is 5.60 Å². The lowest BCUT2D eigenvalue weighted by atomic mass is 10.2. The highest BCUT2D eigenvalue weighted by molar-refractivity contribution is 5.90. The molecule has 1 N–H and O–H groups in total. The Hall–Kier alpha value is -0.554. The van der Waals surface area contributed by atoms with E-state index in [4.69, 9.17) is 9.84 Å². The van der Waals surface area contributed by atoms with Crippen molar-refractivity contribution in [2.75, 3.05) is 0 Å². The Balaban J connectivity index is 0. The van der Waals surface area contributed by atoms with Crippen LogP contribution >= 0.6 is 0 Å². The maximum absolute atomic E-state index is 10.8.